The van der Waals surface area contributed by atoms with Gasteiger partial charge in [-0.1, -0.05) is 41.6 Å². The number of amides is 1. The third kappa shape index (κ3) is 5.22. The predicted octanol–water partition coefficient (Wildman–Crippen LogP) is 2.26. The van der Waals surface area contributed by atoms with Gasteiger partial charge in [-0.15, -0.1) is 11.7 Å². The van der Waals surface area contributed by atoms with Gasteiger partial charge >= 0.3 is 0 Å². The summed E-state index contributed by atoms with van der Waals surface area (Å²) in [5.74, 6) is 0.847. The van der Waals surface area contributed by atoms with Crippen molar-refractivity contribution in [1.82, 2.24) is 29.7 Å². The van der Waals surface area contributed by atoms with Gasteiger partial charge in [-0.3, -0.25) is 19.3 Å². The third-order valence-electron chi connectivity index (χ3n) is 6.69. The largest absolute Gasteiger partial charge is 0.342 e. The number of aromatic nitrogens is 3. The minimum absolute atomic E-state index is 0.118. The summed E-state index contributed by atoms with van der Waals surface area (Å²) >= 11 is 0. The molecule has 0 N–H and O–H groups in total. The average Bonchev–Trinajstić information content (AvgIpc) is 3.21. The van der Waals surface area contributed by atoms with Crippen LogP contribution in [0.3, 0.4) is 0 Å². The standard InChI is InChI=1S/C24H34N6O/c1-4-11-28(3)24(31)23-18-29-12-10-20(23)13-22(29)17-30-16-21(25-26-30)15-27(2)14-19-8-6-5-7-9-19/h4-9,16,20,22-23H,1,10-15,17-18H2,2-3H3/t20-,22-,23+/m1/s1. The molecule has 1 amide bonds. The molecule has 2 aromatic rings. The van der Waals surface area contributed by atoms with Gasteiger partial charge in [-0.05, 0) is 37.9 Å². The van der Waals surface area contributed by atoms with Crippen molar-refractivity contribution in [1.29, 1.82) is 0 Å². The van der Waals surface area contributed by atoms with E-state index < -0.39 is 0 Å². The van der Waals surface area contributed by atoms with E-state index in [1.165, 1.54) is 5.56 Å². The highest BCUT2D eigenvalue weighted by atomic mass is 16.2. The highest BCUT2D eigenvalue weighted by molar-refractivity contribution is 5.79. The number of hydrogen-bond acceptors (Lipinski definition) is 5. The second-order valence-electron chi connectivity index (χ2n) is 9.14. The van der Waals surface area contributed by atoms with Crippen LogP contribution in [0.1, 0.15) is 24.1 Å². The van der Waals surface area contributed by atoms with Crippen molar-refractivity contribution in [2.24, 2.45) is 11.8 Å². The third-order valence-corrected chi connectivity index (χ3v) is 6.69. The first-order chi connectivity index (χ1) is 15.0. The Hall–Kier alpha value is -2.51. The lowest BCUT2D eigenvalue weighted by molar-refractivity contribution is -0.142. The van der Waals surface area contributed by atoms with Crippen molar-refractivity contribution >= 4 is 5.91 Å². The first-order valence-corrected chi connectivity index (χ1v) is 11.2. The molecular weight excluding hydrogens is 388 g/mol. The molecule has 1 aromatic heterocycles. The molecule has 7 nitrogen and oxygen atoms in total. The number of benzene rings is 1. The van der Waals surface area contributed by atoms with E-state index in [1.807, 2.05) is 22.7 Å². The second-order valence-corrected chi connectivity index (χ2v) is 9.14. The quantitative estimate of drug-likeness (QED) is 0.580. The predicted molar refractivity (Wildman–Crippen MR) is 121 cm³/mol. The van der Waals surface area contributed by atoms with Crippen LogP contribution >= 0.6 is 0 Å². The lowest BCUT2D eigenvalue weighted by Crippen LogP contribution is -2.58. The normalized spacial score (nSPS) is 25.0. The zero-order valence-electron chi connectivity index (χ0n) is 18.7. The van der Waals surface area contributed by atoms with Gasteiger partial charge < -0.3 is 4.90 Å². The Kier molecular flexibility index (Phi) is 6.83. The summed E-state index contributed by atoms with van der Waals surface area (Å²) in [4.78, 5) is 19.3. The monoisotopic (exact) mass is 422 g/mol. The molecule has 3 saturated heterocycles. The van der Waals surface area contributed by atoms with Gasteiger partial charge in [0.1, 0.15) is 0 Å². The van der Waals surface area contributed by atoms with Gasteiger partial charge in [-0.25, -0.2) is 0 Å². The minimum Gasteiger partial charge on any atom is -0.342 e. The van der Waals surface area contributed by atoms with Gasteiger partial charge in [0.15, 0.2) is 0 Å². The highest BCUT2D eigenvalue weighted by Crippen LogP contribution is 2.37. The minimum atomic E-state index is 0.118. The SMILES string of the molecule is C=CCN(C)C(=O)[C@H]1CN2CC[C@@H]1C[C@@H]2Cn1cc(CN(C)Cc2ccccc2)nn1. The number of likely N-dealkylation sites (N-methyl/N-ethyl adjacent to an activating group) is 1. The van der Waals surface area contributed by atoms with E-state index in [-0.39, 0.29) is 11.8 Å². The number of carbonyl (C=O) groups excluding carboxylic acids is 1. The summed E-state index contributed by atoms with van der Waals surface area (Å²) in [6, 6.07) is 10.9. The van der Waals surface area contributed by atoms with Crippen LogP contribution in [-0.4, -0.2) is 75.4 Å². The fraction of sp³-hybridized carbons (Fsp3) is 0.542. The Balaban J connectivity index is 1.30. The number of hydrogen-bond donors (Lipinski definition) is 0. The molecule has 0 aliphatic carbocycles. The molecule has 3 fully saturated rings. The van der Waals surface area contributed by atoms with Crippen LogP contribution in [0.15, 0.2) is 49.2 Å². The van der Waals surface area contributed by atoms with Gasteiger partial charge in [0.2, 0.25) is 5.91 Å². The van der Waals surface area contributed by atoms with E-state index in [1.54, 1.807) is 6.08 Å². The first kappa shape index (κ1) is 21.7. The Bertz CT molecular complexity index is 881. The van der Waals surface area contributed by atoms with Crippen LogP contribution in [0.25, 0.3) is 0 Å². The Morgan fingerprint density at radius 3 is 2.77 bits per heavy atom. The van der Waals surface area contributed by atoms with E-state index in [0.29, 0.717) is 18.5 Å². The molecule has 166 valence electrons. The smallest absolute Gasteiger partial charge is 0.227 e. The van der Waals surface area contributed by atoms with Gasteiger partial charge in [0.25, 0.3) is 0 Å². The molecule has 7 heteroatoms. The van der Waals surface area contributed by atoms with E-state index in [2.05, 4.69) is 64.2 Å². The van der Waals surface area contributed by atoms with Crippen LogP contribution in [0.2, 0.25) is 0 Å². The second kappa shape index (κ2) is 9.75. The fourth-order valence-electron chi connectivity index (χ4n) is 5.12. The van der Waals surface area contributed by atoms with Crippen molar-refractivity contribution in [2.45, 2.75) is 38.5 Å². The Labute approximate surface area is 185 Å². The summed E-state index contributed by atoms with van der Waals surface area (Å²) < 4.78 is 1.98. The maximum absolute atomic E-state index is 12.8. The topological polar surface area (TPSA) is 57.5 Å². The number of nitrogens with zero attached hydrogens (tertiary/aromatic N) is 6. The van der Waals surface area contributed by atoms with E-state index >= 15 is 0 Å². The van der Waals surface area contributed by atoms with Crippen LogP contribution in [0.5, 0.6) is 0 Å². The molecule has 0 radical (unpaired) electrons. The zero-order chi connectivity index (χ0) is 21.8. The highest BCUT2D eigenvalue weighted by Gasteiger charge is 2.44. The zero-order valence-corrected chi connectivity index (χ0v) is 18.7. The van der Waals surface area contributed by atoms with E-state index in [9.17, 15) is 4.79 Å². The molecule has 3 aliphatic heterocycles. The van der Waals surface area contributed by atoms with Crippen LogP contribution in [0.4, 0.5) is 0 Å². The Morgan fingerprint density at radius 1 is 1.26 bits per heavy atom. The summed E-state index contributed by atoms with van der Waals surface area (Å²) in [6.07, 6.45) is 6.04. The van der Waals surface area contributed by atoms with Crippen molar-refractivity contribution in [3.8, 4) is 0 Å². The summed E-state index contributed by atoms with van der Waals surface area (Å²) in [6.45, 7) is 8.81. The number of piperidine rings is 3. The maximum atomic E-state index is 12.8. The summed E-state index contributed by atoms with van der Waals surface area (Å²) in [5, 5.41) is 8.78. The van der Waals surface area contributed by atoms with Crippen molar-refractivity contribution in [3.63, 3.8) is 0 Å². The van der Waals surface area contributed by atoms with E-state index in [4.69, 9.17) is 0 Å². The summed E-state index contributed by atoms with van der Waals surface area (Å²) in [7, 11) is 3.99. The van der Waals surface area contributed by atoms with Gasteiger partial charge in [0.05, 0.1) is 18.2 Å². The molecule has 0 spiro atoms. The molecule has 1 aromatic carbocycles. The molecule has 4 atom stereocenters. The molecule has 4 heterocycles. The van der Waals surface area contributed by atoms with Gasteiger partial charge in [-0.2, -0.15) is 0 Å². The molecule has 5 rings (SSSR count). The average molecular weight is 423 g/mol. The Morgan fingerprint density at radius 2 is 2.06 bits per heavy atom. The van der Waals surface area contributed by atoms with E-state index in [0.717, 1.165) is 51.3 Å². The molecule has 3 aliphatic rings. The van der Waals surface area contributed by atoms with Crippen LogP contribution in [0, 0.1) is 11.8 Å². The van der Waals surface area contributed by atoms with Crippen molar-refractivity contribution < 1.29 is 4.79 Å². The fourth-order valence-corrected chi connectivity index (χ4v) is 5.12. The van der Waals surface area contributed by atoms with Crippen molar-refractivity contribution in [3.05, 3.63) is 60.4 Å². The first-order valence-electron chi connectivity index (χ1n) is 11.2. The van der Waals surface area contributed by atoms with Crippen LogP contribution in [-0.2, 0) is 24.4 Å². The number of fused-ring (bicyclic) bond motifs is 3. The number of carbonyl (C=O) groups is 1. The molecule has 1 unspecified atom stereocenters. The van der Waals surface area contributed by atoms with Crippen molar-refractivity contribution in [2.75, 3.05) is 33.7 Å². The molecular formula is C24H34N6O. The lowest BCUT2D eigenvalue weighted by atomic mass is 9.75. The lowest BCUT2D eigenvalue weighted by Gasteiger charge is -2.49. The molecule has 2 bridgehead atoms. The number of rotatable bonds is 9. The van der Waals surface area contributed by atoms with Crippen LogP contribution < -0.4 is 0 Å². The molecule has 0 saturated carbocycles. The van der Waals surface area contributed by atoms with Gasteiger partial charge in [0, 0.05) is 45.5 Å². The summed E-state index contributed by atoms with van der Waals surface area (Å²) in [5.41, 5.74) is 2.29. The molecule has 31 heavy (non-hydrogen) atoms. The maximum Gasteiger partial charge on any atom is 0.227 e.